The zero-order chi connectivity index (χ0) is 13.8. The van der Waals surface area contributed by atoms with E-state index >= 15 is 0 Å². The summed E-state index contributed by atoms with van der Waals surface area (Å²) in [5.74, 6) is 0.355. The highest BCUT2D eigenvalue weighted by atomic mass is 35.5. The first-order valence-corrected chi connectivity index (χ1v) is 6.05. The average molecular weight is 277 g/mol. The Labute approximate surface area is 116 Å². The Kier molecular flexibility index (Phi) is 4.02. The number of nitrogens with zero attached hydrogens (tertiary/aromatic N) is 1. The van der Waals surface area contributed by atoms with Crippen molar-refractivity contribution >= 4 is 23.2 Å². The topological polar surface area (TPSA) is 51.2 Å². The SMILES string of the molecule is COc1ccc(C)cc1NC(=O)c1ccc(Cl)nc1. The summed E-state index contributed by atoms with van der Waals surface area (Å²) < 4.78 is 5.20. The molecule has 4 nitrogen and oxygen atoms in total. The number of hydrogen-bond donors (Lipinski definition) is 1. The van der Waals surface area contributed by atoms with Crippen molar-refractivity contribution in [2.75, 3.05) is 12.4 Å². The molecule has 98 valence electrons. The number of benzene rings is 1. The number of nitrogens with one attached hydrogen (secondary N) is 1. The molecular formula is C14H13ClN2O2. The van der Waals surface area contributed by atoms with E-state index in [2.05, 4.69) is 10.3 Å². The van der Waals surface area contributed by atoms with Crippen molar-refractivity contribution in [3.8, 4) is 5.75 Å². The number of methoxy groups -OCH3 is 1. The summed E-state index contributed by atoms with van der Waals surface area (Å²) in [5.41, 5.74) is 2.10. The van der Waals surface area contributed by atoms with Gasteiger partial charge in [0.25, 0.3) is 5.91 Å². The minimum Gasteiger partial charge on any atom is -0.495 e. The highest BCUT2D eigenvalue weighted by molar-refractivity contribution is 6.29. The van der Waals surface area contributed by atoms with E-state index in [-0.39, 0.29) is 5.91 Å². The van der Waals surface area contributed by atoms with Crippen LogP contribution in [0.5, 0.6) is 5.75 Å². The van der Waals surface area contributed by atoms with Crippen LogP contribution >= 0.6 is 11.6 Å². The van der Waals surface area contributed by atoms with Gasteiger partial charge in [0, 0.05) is 6.20 Å². The van der Waals surface area contributed by atoms with Gasteiger partial charge in [0.15, 0.2) is 0 Å². The number of halogens is 1. The first-order chi connectivity index (χ1) is 9.10. The van der Waals surface area contributed by atoms with E-state index < -0.39 is 0 Å². The van der Waals surface area contributed by atoms with Gasteiger partial charge in [-0.2, -0.15) is 0 Å². The van der Waals surface area contributed by atoms with Crippen LogP contribution in [0.3, 0.4) is 0 Å². The molecule has 0 saturated heterocycles. The smallest absolute Gasteiger partial charge is 0.257 e. The normalized spacial score (nSPS) is 10.1. The molecule has 1 aromatic carbocycles. The third-order valence-corrected chi connectivity index (χ3v) is 2.82. The second kappa shape index (κ2) is 5.71. The second-order valence-electron chi connectivity index (χ2n) is 4.03. The fraction of sp³-hybridized carbons (Fsp3) is 0.143. The van der Waals surface area contributed by atoms with Crippen LogP contribution in [0.15, 0.2) is 36.5 Å². The average Bonchev–Trinajstić information content (AvgIpc) is 2.39. The Hall–Kier alpha value is -2.07. The van der Waals surface area contributed by atoms with Gasteiger partial charge in [0.2, 0.25) is 0 Å². The molecular weight excluding hydrogens is 264 g/mol. The van der Waals surface area contributed by atoms with Crippen LogP contribution in [0.2, 0.25) is 5.15 Å². The summed E-state index contributed by atoms with van der Waals surface area (Å²) in [4.78, 5) is 15.9. The molecule has 0 saturated carbocycles. The Morgan fingerprint density at radius 3 is 2.74 bits per heavy atom. The molecule has 0 unspecified atom stereocenters. The summed E-state index contributed by atoms with van der Waals surface area (Å²) >= 11 is 5.68. The van der Waals surface area contributed by atoms with Crippen molar-refractivity contribution in [1.82, 2.24) is 4.98 Å². The number of rotatable bonds is 3. The van der Waals surface area contributed by atoms with Gasteiger partial charge in [-0.05, 0) is 36.8 Å². The molecule has 0 aliphatic heterocycles. The van der Waals surface area contributed by atoms with Crippen LogP contribution in [0.25, 0.3) is 0 Å². The van der Waals surface area contributed by atoms with Gasteiger partial charge in [0.05, 0.1) is 18.4 Å². The van der Waals surface area contributed by atoms with E-state index in [1.54, 1.807) is 19.2 Å². The number of aromatic nitrogens is 1. The molecule has 1 amide bonds. The van der Waals surface area contributed by atoms with Crippen LogP contribution in [0, 0.1) is 6.92 Å². The predicted octanol–water partition coefficient (Wildman–Crippen LogP) is 3.30. The number of pyridine rings is 1. The molecule has 2 rings (SSSR count). The van der Waals surface area contributed by atoms with Gasteiger partial charge in [-0.3, -0.25) is 4.79 Å². The fourth-order valence-electron chi connectivity index (χ4n) is 1.62. The van der Waals surface area contributed by atoms with E-state index in [0.29, 0.717) is 22.2 Å². The van der Waals surface area contributed by atoms with Crippen molar-refractivity contribution in [3.63, 3.8) is 0 Å². The highest BCUT2D eigenvalue weighted by Gasteiger charge is 2.10. The maximum Gasteiger partial charge on any atom is 0.257 e. The molecule has 0 aliphatic rings. The van der Waals surface area contributed by atoms with Crippen molar-refractivity contribution < 1.29 is 9.53 Å². The minimum atomic E-state index is -0.256. The number of ether oxygens (including phenoxy) is 1. The summed E-state index contributed by atoms with van der Waals surface area (Å²) in [6, 6.07) is 8.76. The lowest BCUT2D eigenvalue weighted by Gasteiger charge is -2.10. The van der Waals surface area contributed by atoms with Gasteiger partial charge < -0.3 is 10.1 Å². The fourth-order valence-corrected chi connectivity index (χ4v) is 1.74. The zero-order valence-corrected chi connectivity index (χ0v) is 11.4. The Balaban J connectivity index is 2.23. The molecule has 1 N–H and O–H groups in total. The maximum atomic E-state index is 12.1. The second-order valence-corrected chi connectivity index (χ2v) is 4.41. The Morgan fingerprint density at radius 2 is 2.11 bits per heavy atom. The lowest BCUT2D eigenvalue weighted by Crippen LogP contribution is -2.13. The van der Waals surface area contributed by atoms with E-state index in [0.717, 1.165) is 5.56 Å². The molecule has 0 atom stereocenters. The molecule has 0 spiro atoms. The highest BCUT2D eigenvalue weighted by Crippen LogP contribution is 2.25. The maximum absolute atomic E-state index is 12.1. The molecule has 0 radical (unpaired) electrons. The molecule has 0 aliphatic carbocycles. The number of hydrogen-bond acceptors (Lipinski definition) is 3. The quantitative estimate of drug-likeness (QED) is 0.875. The van der Waals surface area contributed by atoms with Gasteiger partial charge >= 0.3 is 0 Å². The third-order valence-electron chi connectivity index (χ3n) is 2.59. The third kappa shape index (κ3) is 3.23. The first-order valence-electron chi connectivity index (χ1n) is 5.67. The minimum absolute atomic E-state index is 0.256. The zero-order valence-electron chi connectivity index (χ0n) is 10.6. The van der Waals surface area contributed by atoms with Crippen LogP contribution in [-0.2, 0) is 0 Å². The predicted molar refractivity (Wildman–Crippen MR) is 74.9 cm³/mol. The van der Waals surface area contributed by atoms with E-state index in [9.17, 15) is 4.79 Å². The van der Waals surface area contributed by atoms with E-state index in [1.165, 1.54) is 6.20 Å². The number of anilines is 1. The molecule has 1 aromatic heterocycles. The molecule has 5 heteroatoms. The van der Waals surface area contributed by atoms with Crippen molar-refractivity contribution in [2.45, 2.75) is 6.92 Å². The molecule has 0 bridgehead atoms. The molecule has 0 fully saturated rings. The van der Waals surface area contributed by atoms with Gasteiger partial charge in [0.1, 0.15) is 10.9 Å². The lowest BCUT2D eigenvalue weighted by molar-refractivity contribution is 0.102. The lowest BCUT2D eigenvalue weighted by atomic mass is 10.2. The number of aryl methyl sites for hydroxylation is 1. The van der Waals surface area contributed by atoms with Gasteiger partial charge in [-0.1, -0.05) is 17.7 Å². The monoisotopic (exact) mass is 276 g/mol. The van der Waals surface area contributed by atoms with Crippen molar-refractivity contribution in [1.29, 1.82) is 0 Å². The summed E-state index contributed by atoms with van der Waals surface area (Å²) in [7, 11) is 1.56. The van der Waals surface area contributed by atoms with Crippen LogP contribution < -0.4 is 10.1 Å². The number of amides is 1. The summed E-state index contributed by atoms with van der Waals surface area (Å²) in [6.45, 7) is 1.94. The number of carbonyl (C=O) groups excluding carboxylic acids is 1. The summed E-state index contributed by atoms with van der Waals surface area (Å²) in [6.07, 6.45) is 1.43. The standard InChI is InChI=1S/C14H13ClN2O2/c1-9-3-5-12(19-2)11(7-9)17-14(18)10-4-6-13(15)16-8-10/h3-8H,1-2H3,(H,17,18). The summed E-state index contributed by atoms with van der Waals surface area (Å²) in [5, 5.41) is 3.14. The van der Waals surface area contributed by atoms with E-state index in [1.807, 2.05) is 25.1 Å². The van der Waals surface area contributed by atoms with Gasteiger partial charge in [-0.25, -0.2) is 4.98 Å². The molecule has 2 aromatic rings. The van der Waals surface area contributed by atoms with Crippen molar-refractivity contribution in [3.05, 3.63) is 52.8 Å². The molecule has 19 heavy (non-hydrogen) atoms. The first kappa shape index (κ1) is 13.4. The van der Waals surface area contributed by atoms with Crippen LogP contribution in [-0.4, -0.2) is 18.0 Å². The Bertz CT molecular complexity index is 597. The van der Waals surface area contributed by atoms with Crippen LogP contribution in [0.1, 0.15) is 15.9 Å². The van der Waals surface area contributed by atoms with Gasteiger partial charge in [-0.15, -0.1) is 0 Å². The van der Waals surface area contributed by atoms with E-state index in [4.69, 9.17) is 16.3 Å². The number of carbonyl (C=O) groups is 1. The molecule has 1 heterocycles. The van der Waals surface area contributed by atoms with Crippen molar-refractivity contribution in [2.24, 2.45) is 0 Å². The largest absolute Gasteiger partial charge is 0.495 e. The Morgan fingerprint density at radius 1 is 1.32 bits per heavy atom. The van der Waals surface area contributed by atoms with Crippen LogP contribution in [0.4, 0.5) is 5.69 Å².